The summed E-state index contributed by atoms with van der Waals surface area (Å²) in [7, 11) is 0. The monoisotopic (exact) mass is 283 g/mol. The van der Waals surface area contributed by atoms with Crippen molar-refractivity contribution in [3.8, 4) is 0 Å². The van der Waals surface area contributed by atoms with E-state index in [4.69, 9.17) is 27.9 Å². The number of hydrogen-bond donors (Lipinski definition) is 1. The van der Waals surface area contributed by atoms with Gasteiger partial charge in [-0.15, -0.1) is 0 Å². The zero-order valence-electron chi connectivity index (χ0n) is 9.67. The van der Waals surface area contributed by atoms with Gasteiger partial charge in [0.15, 0.2) is 0 Å². The van der Waals surface area contributed by atoms with Crippen LogP contribution in [0.3, 0.4) is 0 Å². The lowest BCUT2D eigenvalue weighted by Gasteiger charge is -1.95. The number of nitrogens with one attached hydrogen (secondary N) is 1. The van der Waals surface area contributed by atoms with E-state index in [2.05, 4.69) is 4.98 Å². The molecule has 1 N–H and O–H groups in total. The number of fused-ring (bicyclic) bond motifs is 1. The number of aromatic amines is 1. The molecule has 3 nitrogen and oxygen atoms in total. The van der Waals surface area contributed by atoms with Crippen molar-refractivity contribution in [2.24, 2.45) is 0 Å². The summed E-state index contributed by atoms with van der Waals surface area (Å²) in [6.45, 7) is 2.12. The number of esters is 1. The molecule has 2 rings (SSSR count). The highest BCUT2D eigenvalue weighted by Gasteiger charge is 2.06. The fraction of sp³-hybridized carbons (Fsp3) is 0.154. The molecule has 0 saturated heterocycles. The Morgan fingerprint density at radius 1 is 1.44 bits per heavy atom. The summed E-state index contributed by atoms with van der Waals surface area (Å²) in [4.78, 5) is 14.3. The molecule has 0 fully saturated rings. The van der Waals surface area contributed by atoms with Crippen molar-refractivity contribution in [1.29, 1.82) is 0 Å². The van der Waals surface area contributed by atoms with Crippen molar-refractivity contribution < 1.29 is 9.53 Å². The zero-order chi connectivity index (χ0) is 13.1. The van der Waals surface area contributed by atoms with E-state index in [1.54, 1.807) is 19.1 Å². The normalized spacial score (nSPS) is 11.3. The van der Waals surface area contributed by atoms with E-state index in [9.17, 15) is 4.79 Å². The number of rotatable bonds is 3. The molecule has 5 heteroatoms. The lowest BCUT2D eigenvalue weighted by Crippen LogP contribution is -1.98. The number of aromatic nitrogens is 1. The molecular formula is C13H11Cl2NO2. The Morgan fingerprint density at radius 2 is 2.22 bits per heavy atom. The fourth-order valence-electron chi connectivity index (χ4n) is 1.60. The molecule has 0 spiro atoms. The van der Waals surface area contributed by atoms with Gasteiger partial charge in [-0.1, -0.05) is 29.3 Å². The quantitative estimate of drug-likeness (QED) is 0.682. The minimum Gasteiger partial charge on any atom is -0.463 e. The van der Waals surface area contributed by atoms with Crippen LogP contribution in [0.5, 0.6) is 0 Å². The molecule has 1 aromatic carbocycles. The average molecular weight is 284 g/mol. The standard InChI is InChI=1S/C13H11Cl2NO2/c1-2-18-11(17)6-4-9-7-8-3-5-10(14)12(15)13(8)16-9/h3-7,16H,2H2,1H3/b6-4+. The van der Waals surface area contributed by atoms with Crippen molar-refractivity contribution >= 4 is 46.2 Å². The highest BCUT2D eigenvalue weighted by atomic mass is 35.5. The Kier molecular flexibility index (Phi) is 3.94. The van der Waals surface area contributed by atoms with Crippen LogP contribution < -0.4 is 0 Å². The Morgan fingerprint density at radius 3 is 2.94 bits per heavy atom. The molecule has 94 valence electrons. The van der Waals surface area contributed by atoms with Crippen LogP contribution in [0.25, 0.3) is 17.0 Å². The van der Waals surface area contributed by atoms with Gasteiger partial charge in [0.2, 0.25) is 0 Å². The summed E-state index contributed by atoms with van der Waals surface area (Å²) in [5, 5.41) is 1.91. The number of hydrogen-bond acceptors (Lipinski definition) is 2. The Balaban J connectivity index is 2.31. The molecule has 0 amide bonds. The van der Waals surface area contributed by atoms with Crippen molar-refractivity contribution in [3.05, 3.63) is 40.0 Å². The van der Waals surface area contributed by atoms with Crippen LogP contribution >= 0.6 is 23.2 Å². The molecular weight excluding hydrogens is 273 g/mol. The smallest absolute Gasteiger partial charge is 0.330 e. The Bertz CT molecular complexity index is 617. The number of halogens is 2. The minimum absolute atomic E-state index is 0.358. The van der Waals surface area contributed by atoms with Gasteiger partial charge in [0, 0.05) is 17.2 Å². The number of H-pyrrole nitrogens is 1. The molecule has 0 aliphatic heterocycles. The molecule has 1 aromatic heterocycles. The van der Waals surface area contributed by atoms with Crippen LogP contribution in [0.4, 0.5) is 0 Å². The van der Waals surface area contributed by atoms with E-state index in [-0.39, 0.29) is 5.97 Å². The maximum Gasteiger partial charge on any atom is 0.330 e. The van der Waals surface area contributed by atoms with Gasteiger partial charge in [0.05, 0.1) is 22.2 Å². The highest BCUT2D eigenvalue weighted by Crippen LogP contribution is 2.30. The fourth-order valence-corrected chi connectivity index (χ4v) is 1.98. The Labute approximate surface area is 114 Å². The van der Waals surface area contributed by atoms with Crippen molar-refractivity contribution in [1.82, 2.24) is 4.98 Å². The van der Waals surface area contributed by atoms with Crippen LogP contribution in [0.1, 0.15) is 12.6 Å². The maximum absolute atomic E-state index is 11.2. The number of carbonyl (C=O) groups is 1. The van der Waals surface area contributed by atoms with Crippen molar-refractivity contribution in [2.45, 2.75) is 6.92 Å². The second-order valence-corrected chi connectivity index (χ2v) is 4.42. The predicted molar refractivity (Wildman–Crippen MR) is 74.0 cm³/mol. The summed E-state index contributed by atoms with van der Waals surface area (Å²) in [5.41, 5.74) is 1.52. The molecule has 0 unspecified atom stereocenters. The van der Waals surface area contributed by atoms with Gasteiger partial charge in [0.25, 0.3) is 0 Å². The largest absolute Gasteiger partial charge is 0.463 e. The zero-order valence-corrected chi connectivity index (χ0v) is 11.2. The lowest BCUT2D eigenvalue weighted by molar-refractivity contribution is -0.137. The third-order valence-electron chi connectivity index (χ3n) is 2.39. The van der Waals surface area contributed by atoms with Crippen LogP contribution in [0, 0.1) is 0 Å². The molecule has 0 atom stereocenters. The first-order valence-corrected chi connectivity index (χ1v) is 6.19. The predicted octanol–water partition coefficient (Wildman–Crippen LogP) is 4.05. The third kappa shape index (κ3) is 2.68. The number of carbonyl (C=O) groups excluding carboxylic acids is 1. The second-order valence-electron chi connectivity index (χ2n) is 3.64. The van der Waals surface area contributed by atoms with Gasteiger partial charge in [-0.3, -0.25) is 0 Å². The first kappa shape index (κ1) is 13.0. The van der Waals surface area contributed by atoms with Gasteiger partial charge in [-0.2, -0.15) is 0 Å². The molecule has 1 heterocycles. The topological polar surface area (TPSA) is 42.1 Å². The van der Waals surface area contributed by atoms with Crippen LogP contribution in [-0.2, 0) is 9.53 Å². The lowest BCUT2D eigenvalue weighted by atomic mass is 10.2. The van der Waals surface area contributed by atoms with E-state index < -0.39 is 0 Å². The first-order chi connectivity index (χ1) is 8.61. The molecule has 0 saturated carbocycles. The third-order valence-corrected chi connectivity index (χ3v) is 3.20. The first-order valence-electron chi connectivity index (χ1n) is 5.43. The molecule has 0 aliphatic carbocycles. The molecule has 0 aliphatic rings. The summed E-state index contributed by atoms with van der Waals surface area (Å²) in [6.07, 6.45) is 3.01. The SMILES string of the molecule is CCOC(=O)/C=C/c1cc2ccc(Cl)c(Cl)c2[nH]1. The molecule has 2 aromatic rings. The minimum atomic E-state index is -0.375. The van der Waals surface area contributed by atoms with Gasteiger partial charge in [0.1, 0.15) is 0 Å². The molecule has 0 radical (unpaired) electrons. The second kappa shape index (κ2) is 5.46. The van der Waals surface area contributed by atoms with Crippen LogP contribution in [0.2, 0.25) is 10.0 Å². The highest BCUT2D eigenvalue weighted by molar-refractivity contribution is 6.45. The van der Waals surface area contributed by atoms with E-state index in [0.717, 1.165) is 16.6 Å². The average Bonchev–Trinajstić information content (AvgIpc) is 2.76. The van der Waals surface area contributed by atoms with Gasteiger partial charge in [-0.25, -0.2) is 4.79 Å². The van der Waals surface area contributed by atoms with E-state index in [0.29, 0.717) is 16.7 Å². The van der Waals surface area contributed by atoms with Crippen LogP contribution in [0.15, 0.2) is 24.3 Å². The summed E-state index contributed by atoms with van der Waals surface area (Å²) in [6, 6.07) is 5.48. The summed E-state index contributed by atoms with van der Waals surface area (Å²) in [5.74, 6) is -0.375. The number of benzene rings is 1. The maximum atomic E-state index is 11.2. The number of ether oxygens (including phenoxy) is 1. The van der Waals surface area contributed by atoms with Crippen molar-refractivity contribution in [2.75, 3.05) is 6.61 Å². The molecule has 0 bridgehead atoms. The van der Waals surface area contributed by atoms with Gasteiger partial charge < -0.3 is 9.72 Å². The summed E-state index contributed by atoms with van der Waals surface area (Å²) >= 11 is 12.0. The Hall–Kier alpha value is -1.45. The van der Waals surface area contributed by atoms with Crippen LogP contribution in [-0.4, -0.2) is 17.6 Å². The van der Waals surface area contributed by atoms with Gasteiger partial charge >= 0.3 is 5.97 Å². The van der Waals surface area contributed by atoms with E-state index in [1.165, 1.54) is 6.08 Å². The van der Waals surface area contributed by atoms with Crippen molar-refractivity contribution in [3.63, 3.8) is 0 Å². The van der Waals surface area contributed by atoms with E-state index >= 15 is 0 Å². The summed E-state index contributed by atoms with van der Waals surface area (Å²) < 4.78 is 4.79. The molecule has 18 heavy (non-hydrogen) atoms. The van der Waals surface area contributed by atoms with Gasteiger partial charge in [-0.05, 0) is 25.1 Å². The van der Waals surface area contributed by atoms with E-state index in [1.807, 2.05) is 12.1 Å².